The highest BCUT2D eigenvalue weighted by molar-refractivity contribution is 7.91. The molecule has 1 atom stereocenters. The number of hydrogen-bond donors (Lipinski definition) is 1. The van der Waals surface area contributed by atoms with Crippen LogP contribution in [-0.4, -0.2) is 32.1 Å². The Morgan fingerprint density at radius 2 is 2.08 bits per heavy atom. The Balaban J connectivity index is 1.90. The van der Waals surface area contributed by atoms with Gasteiger partial charge in [-0.25, -0.2) is 8.42 Å². The van der Waals surface area contributed by atoms with Gasteiger partial charge in [0, 0.05) is 23.8 Å². The Morgan fingerprint density at radius 1 is 1.32 bits per heavy atom. The normalized spacial score (nSPS) is 18.9. The zero-order valence-electron chi connectivity index (χ0n) is 15.3. The van der Waals surface area contributed by atoms with Crippen molar-refractivity contribution < 1.29 is 13.2 Å². The maximum atomic E-state index is 11.5. The first-order valence-corrected chi connectivity index (χ1v) is 10.8. The van der Waals surface area contributed by atoms with E-state index in [-0.39, 0.29) is 23.1 Å². The average Bonchev–Trinajstić information content (AvgIpc) is 2.56. The molecule has 6 heteroatoms. The quantitative estimate of drug-likeness (QED) is 0.716. The van der Waals surface area contributed by atoms with Crippen molar-refractivity contribution in [1.82, 2.24) is 5.32 Å². The topological polar surface area (TPSA) is 79.2 Å². The van der Waals surface area contributed by atoms with Gasteiger partial charge in [0.05, 0.1) is 17.4 Å². The minimum absolute atomic E-state index is 0.145. The molecular weight excluding hydrogens is 336 g/mol. The van der Waals surface area contributed by atoms with Crippen LogP contribution in [0.15, 0.2) is 18.2 Å². The fraction of sp³-hybridized carbons (Fsp3) is 0.632. The summed E-state index contributed by atoms with van der Waals surface area (Å²) in [5, 5.41) is 12.7. The highest BCUT2D eigenvalue weighted by atomic mass is 32.2. The zero-order valence-corrected chi connectivity index (χ0v) is 16.2. The molecule has 1 heterocycles. The lowest BCUT2D eigenvalue weighted by molar-refractivity contribution is 0.0660. The third-order valence-corrected chi connectivity index (χ3v) is 6.35. The number of benzene rings is 1. The van der Waals surface area contributed by atoms with Gasteiger partial charge in [0.1, 0.15) is 21.2 Å². The van der Waals surface area contributed by atoms with Crippen LogP contribution < -0.4 is 10.1 Å². The van der Waals surface area contributed by atoms with E-state index in [1.165, 1.54) is 0 Å². The van der Waals surface area contributed by atoms with Gasteiger partial charge in [-0.05, 0) is 51.4 Å². The van der Waals surface area contributed by atoms with Crippen molar-refractivity contribution in [3.63, 3.8) is 0 Å². The van der Waals surface area contributed by atoms with Gasteiger partial charge in [-0.15, -0.1) is 0 Å². The summed E-state index contributed by atoms with van der Waals surface area (Å²) in [6.45, 7) is 6.65. The lowest BCUT2D eigenvalue weighted by atomic mass is 9.89. The van der Waals surface area contributed by atoms with Crippen molar-refractivity contribution in [2.45, 2.75) is 58.1 Å². The SMILES string of the molecule is CCS(=O)(=O)CCCCCNC1CC(C)(C)Oc2ccc(C#N)cc21. The van der Waals surface area contributed by atoms with Crippen LogP contribution in [0.5, 0.6) is 5.75 Å². The molecule has 2 rings (SSSR count). The third kappa shape index (κ3) is 5.72. The van der Waals surface area contributed by atoms with Crippen LogP contribution >= 0.6 is 0 Å². The monoisotopic (exact) mass is 364 g/mol. The lowest BCUT2D eigenvalue weighted by Crippen LogP contribution is -2.39. The second-order valence-electron chi connectivity index (χ2n) is 7.23. The molecule has 1 N–H and O–H groups in total. The minimum Gasteiger partial charge on any atom is -0.487 e. The standard InChI is InChI=1S/C19H28N2O3S/c1-4-25(22,23)11-7-5-6-10-21-17-13-19(2,3)24-18-9-8-15(14-20)12-16(17)18/h8-9,12,17,21H,4-7,10-11,13H2,1-3H3. The predicted octanol–water partition coefficient (Wildman–Crippen LogP) is 3.36. The van der Waals surface area contributed by atoms with Crippen molar-refractivity contribution in [2.75, 3.05) is 18.1 Å². The molecule has 0 aliphatic carbocycles. The first-order valence-electron chi connectivity index (χ1n) is 8.93. The number of sulfone groups is 1. The number of nitrogens with zero attached hydrogens (tertiary/aromatic N) is 1. The summed E-state index contributed by atoms with van der Waals surface area (Å²) in [6.07, 6.45) is 3.37. The molecule has 0 saturated carbocycles. The number of nitrogens with one attached hydrogen (secondary N) is 1. The van der Waals surface area contributed by atoms with E-state index in [1.54, 1.807) is 13.0 Å². The Morgan fingerprint density at radius 3 is 2.76 bits per heavy atom. The highest BCUT2D eigenvalue weighted by Crippen LogP contribution is 2.39. The molecule has 1 aromatic rings. The second kappa shape index (κ2) is 8.20. The van der Waals surface area contributed by atoms with E-state index in [2.05, 4.69) is 25.2 Å². The van der Waals surface area contributed by atoms with E-state index < -0.39 is 9.84 Å². The molecule has 138 valence electrons. The molecule has 5 nitrogen and oxygen atoms in total. The Kier molecular flexibility index (Phi) is 6.47. The molecule has 0 fully saturated rings. The number of hydrogen-bond acceptors (Lipinski definition) is 5. The highest BCUT2D eigenvalue weighted by Gasteiger charge is 2.33. The van der Waals surface area contributed by atoms with Gasteiger partial charge in [-0.1, -0.05) is 13.3 Å². The molecular formula is C19H28N2O3S. The molecule has 0 spiro atoms. The molecule has 1 aliphatic rings. The fourth-order valence-corrected chi connectivity index (χ4v) is 4.08. The van der Waals surface area contributed by atoms with Gasteiger partial charge in [0.15, 0.2) is 0 Å². The van der Waals surface area contributed by atoms with Crippen molar-refractivity contribution in [1.29, 1.82) is 5.26 Å². The summed E-state index contributed by atoms with van der Waals surface area (Å²) in [7, 11) is -2.86. The van der Waals surface area contributed by atoms with Crippen LogP contribution in [0, 0.1) is 11.3 Å². The Bertz CT molecular complexity index is 736. The smallest absolute Gasteiger partial charge is 0.150 e. The molecule has 0 radical (unpaired) electrons. The molecule has 1 aromatic carbocycles. The largest absolute Gasteiger partial charge is 0.487 e. The van der Waals surface area contributed by atoms with E-state index in [9.17, 15) is 8.42 Å². The first-order chi connectivity index (χ1) is 11.8. The van der Waals surface area contributed by atoms with Gasteiger partial charge in [0.2, 0.25) is 0 Å². The van der Waals surface area contributed by atoms with Crippen LogP contribution in [0.1, 0.15) is 63.6 Å². The number of unbranched alkanes of at least 4 members (excludes halogenated alkanes) is 2. The van der Waals surface area contributed by atoms with Gasteiger partial charge in [-0.3, -0.25) is 0 Å². The van der Waals surface area contributed by atoms with Gasteiger partial charge >= 0.3 is 0 Å². The van der Waals surface area contributed by atoms with E-state index >= 15 is 0 Å². The van der Waals surface area contributed by atoms with Crippen molar-refractivity contribution in [2.24, 2.45) is 0 Å². The summed E-state index contributed by atoms with van der Waals surface area (Å²) in [6, 6.07) is 7.88. The van der Waals surface area contributed by atoms with E-state index in [0.29, 0.717) is 12.0 Å². The van der Waals surface area contributed by atoms with Crippen LogP contribution in [0.4, 0.5) is 0 Å². The minimum atomic E-state index is -2.86. The Labute approximate surface area is 151 Å². The average molecular weight is 365 g/mol. The molecule has 0 saturated heterocycles. The summed E-state index contributed by atoms with van der Waals surface area (Å²) >= 11 is 0. The maximum absolute atomic E-state index is 11.5. The second-order valence-corrected chi connectivity index (χ2v) is 9.71. The van der Waals surface area contributed by atoms with Crippen molar-refractivity contribution >= 4 is 9.84 Å². The van der Waals surface area contributed by atoms with Crippen LogP contribution in [0.25, 0.3) is 0 Å². The van der Waals surface area contributed by atoms with E-state index in [0.717, 1.165) is 37.1 Å². The maximum Gasteiger partial charge on any atom is 0.150 e. The third-order valence-electron chi connectivity index (χ3n) is 4.56. The first kappa shape index (κ1) is 19.7. The van der Waals surface area contributed by atoms with E-state index in [4.69, 9.17) is 10.00 Å². The number of fused-ring (bicyclic) bond motifs is 1. The number of rotatable bonds is 8. The van der Waals surface area contributed by atoms with Crippen LogP contribution in [0.2, 0.25) is 0 Å². The molecule has 0 amide bonds. The summed E-state index contributed by atoms with van der Waals surface area (Å²) < 4.78 is 29.0. The van der Waals surface area contributed by atoms with Gasteiger partial charge in [0.25, 0.3) is 0 Å². The predicted molar refractivity (Wildman–Crippen MR) is 99.4 cm³/mol. The van der Waals surface area contributed by atoms with Crippen LogP contribution in [0.3, 0.4) is 0 Å². The molecule has 0 aromatic heterocycles. The number of ether oxygens (including phenoxy) is 1. The van der Waals surface area contributed by atoms with Gasteiger partial charge in [-0.2, -0.15) is 5.26 Å². The number of nitriles is 1. The summed E-state index contributed by atoms with van der Waals surface area (Å²) in [5.41, 5.74) is 1.42. The molecule has 25 heavy (non-hydrogen) atoms. The molecule has 1 unspecified atom stereocenters. The fourth-order valence-electron chi connectivity index (χ4n) is 3.15. The van der Waals surface area contributed by atoms with E-state index in [1.807, 2.05) is 12.1 Å². The molecule has 1 aliphatic heterocycles. The Hall–Kier alpha value is -1.58. The molecule has 0 bridgehead atoms. The lowest BCUT2D eigenvalue weighted by Gasteiger charge is -2.38. The van der Waals surface area contributed by atoms with Crippen molar-refractivity contribution in [3.8, 4) is 11.8 Å². The summed E-state index contributed by atoms with van der Waals surface area (Å²) in [5.74, 6) is 1.34. The van der Waals surface area contributed by atoms with Crippen molar-refractivity contribution in [3.05, 3.63) is 29.3 Å². The zero-order chi connectivity index (χ0) is 18.5. The summed E-state index contributed by atoms with van der Waals surface area (Å²) in [4.78, 5) is 0. The van der Waals surface area contributed by atoms with Gasteiger partial charge < -0.3 is 10.1 Å². The van der Waals surface area contributed by atoms with Crippen LogP contribution in [-0.2, 0) is 9.84 Å².